The van der Waals surface area contributed by atoms with E-state index in [4.69, 9.17) is 0 Å². The SMILES string of the molecule is OCc1nnn(-c2ccccc2F)c1Cc1ccccc1. The molecule has 4 nitrogen and oxygen atoms in total. The highest BCUT2D eigenvalue weighted by molar-refractivity contribution is 5.36. The predicted molar refractivity (Wildman–Crippen MR) is 76.5 cm³/mol. The van der Waals surface area contributed by atoms with Gasteiger partial charge in [0.05, 0.1) is 12.3 Å². The van der Waals surface area contributed by atoms with Crippen molar-refractivity contribution in [3.05, 3.63) is 77.4 Å². The van der Waals surface area contributed by atoms with Crippen LogP contribution in [0.4, 0.5) is 4.39 Å². The van der Waals surface area contributed by atoms with E-state index in [1.807, 2.05) is 30.3 Å². The minimum atomic E-state index is -0.374. The van der Waals surface area contributed by atoms with Gasteiger partial charge in [-0.15, -0.1) is 5.10 Å². The van der Waals surface area contributed by atoms with Crippen molar-refractivity contribution in [3.8, 4) is 5.69 Å². The van der Waals surface area contributed by atoms with Crippen molar-refractivity contribution in [3.63, 3.8) is 0 Å². The zero-order valence-corrected chi connectivity index (χ0v) is 11.3. The highest BCUT2D eigenvalue weighted by Crippen LogP contribution is 2.19. The number of aliphatic hydroxyl groups excluding tert-OH is 1. The smallest absolute Gasteiger partial charge is 0.148 e. The molecule has 0 saturated carbocycles. The van der Waals surface area contributed by atoms with Crippen molar-refractivity contribution in [1.82, 2.24) is 15.0 Å². The molecule has 0 bridgehead atoms. The van der Waals surface area contributed by atoms with Crippen LogP contribution in [0.1, 0.15) is 17.0 Å². The van der Waals surface area contributed by atoms with E-state index >= 15 is 0 Å². The van der Waals surface area contributed by atoms with Gasteiger partial charge in [0.2, 0.25) is 0 Å². The van der Waals surface area contributed by atoms with Gasteiger partial charge in [-0.05, 0) is 17.7 Å². The summed E-state index contributed by atoms with van der Waals surface area (Å²) in [5, 5.41) is 17.3. The van der Waals surface area contributed by atoms with Gasteiger partial charge in [0.25, 0.3) is 0 Å². The second-order valence-corrected chi connectivity index (χ2v) is 4.67. The molecule has 1 aromatic heterocycles. The third kappa shape index (κ3) is 2.68. The van der Waals surface area contributed by atoms with Gasteiger partial charge in [-0.1, -0.05) is 47.7 Å². The topological polar surface area (TPSA) is 50.9 Å². The summed E-state index contributed by atoms with van der Waals surface area (Å²) in [6.45, 7) is -0.226. The van der Waals surface area contributed by atoms with Crippen molar-refractivity contribution in [2.24, 2.45) is 0 Å². The molecule has 0 aliphatic rings. The lowest BCUT2D eigenvalue weighted by molar-refractivity contribution is 0.275. The summed E-state index contributed by atoms with van der Waals surface area (Å²) in [6.07, 6.45) is 0.526. The predicted octanol–water partition coefficient (Wildman–Crippen LogP) is 2.49. The number of rotatable bonds is 4. The molecule has 0 aliphatic heterocycles. The Bertz CT molecular complexity index is 740. The molecule has 1 heterocycles. The molecule has 5 heteroatoms. The average molecular weight is 283 g/mol. The van der Waals surface area contributed by atoms with Crippen molar-refractivity contribution in [2.45, 2.75) is 13.0 Å². The summed E-state index contributed by atoms with van der Waals surface area (Å²) in [6, 6.07) is 16.1. The molecule has 0 atom stereocenters. The summed E-state index contributed by atoms with van der Waals surface area (Å²) >= 11 is 0. The van der Waals surface area contributed by atoms with Gasteiger partial charge in [0.1, 0.15) is 17.2 Å². The van der Waals surface area contributed by atoms with Crippen LogP contribution in [0, 0.1) is 5.82 Å². The molecule has 0 fully saturated rings. The molecule has 2 aromatic carbocycles. The van der Waals surface area contributed by atoms with Crippen LogP contribution in [0.3, 0.4) is 0 Å². The standard InChI is InChI=1S/C16H14FN3O/c17-13-8-4-5-9-15(13)20-16(14(11-21)18-19-20)10-12-6-2-1-3-7-12/h1-9,21H,10-11H2. The number of benzene rings is 2. The summed E-state index contributed by atoms with van der Waals surface area (Å²) in [5.41, 5.74) is 2.53. The second-order valence-electron chi connectivity index (χ2n) is 4.67. The number of aromatic nitrogens is 3. The van der Waals surface area contributed by atoms with E-state index in [0.717, 1.165) is 5.56 Å². The van der Waals surface area contributed by atoms with E-state index in [0.29, 0.717) is 23.5 Å². The molecule has 1 N–H and O–H groups in total. The Hall–Kier alpha value is -2.53. The Balaban J connectivity index is 2.07. The molecule has 0 spiro atoms. The first kappa shape index (κ1) is 13.5. The van der Waals surface area contributed by atoms with Crippen LogP contribution >= 0.6 is 0 Å². The highest BCUT2D eigenvalue weighted by Gasteiger charge is 2.16. The van der Waals surface area contributed by atoms with E-state index in [1.165, 1.54) is 10.7 Å². The first-order chi connectivity index (χ1) is 10.3. The Labute approximate surface area is 121 Å². The molecule has 0 radical (unpaired) electrons. The van der Waals surface area contributed by atoms with Crippen LogP contribution in [-0.2, 0) is 13.0 Å². The Morgan fingerprint density at radius 1 is 1.00 bits per heavy atom. The Kier molecular flexibility index (Phi) is 3.75. The van der Waals surface area contributed by atoms with Gasteiger partial charge < -0.3 is 5.11 Å². The minimum absolute atomic E-state index is 0.226. The molecule has 3 aromatic rings. The normalized spacial score (nSPS) is 10.8. The first-order valence-electron chi connectivity index (χ1n) is 6.62. The number of aliphatic hydroxyl groups is 1. The van der Waals surface area contributed by atoms with E-state index < -0.39 is 0 Å². The quantitative estimate of drug-likeness (QED) is 0.800. The van der Waals surface area contributed by atoms with Gasteiger partial charge in [-0.25, -0.2) is 9.07 Å². The highest BCUT2D eigenvalue weighted by atomic mass is 19.1. The van der Waals surface area contributed by atoms with Crippen LogP contribution in [0.25, 0.3) is 5.69 Å². The minimum Gasteiger partial charge on any atom is -0.390 e. The third-order valence-electron chi connectivity index (χ3n) is 3.29. The van der Waals surface area contributed by atoms with Crippen LogP contribution in [-0.4, -0.2) is 20.1 Å². The molecule has 0 saturated heterocycles. The molecular formula is C16H14FN3O. The molecule has 21 heavy (non-hydrogen) atoms. The number of hydrogen-bond acceptors (Lipinski definition) is 3. The zero-order valence-electron chi connectivity index (χ0n) is 11.3. The van der Waals surface area contributed by atoms with Gasteiger partial charge in [0, 0.05) is 6.42 Å². The lowest BCUT2D eigenvalue weighted by atomic mass is 10.1. The molecule has 0 unspecified atom stereocenters. The van der Waals surface area contributed by atoms with Crippen molar-refractivity contribution in [2.75, 3.05) is 0 Å². The number of para-hydroxylation sites is 1. The molecule has 106 valence electrons. The van der Waals surface area contributed by atoms with Gasteiger partial charge >= 0.3 is 0 Å². The van der Waals surface area contributed by atoms with Crippen LogP contribution in [0.5, 0.6) is 0 Å². The third-order valence-corrected chi connectivity index (χ3v) is 3.29. The lowest BCUT2D eigenvalue weighted by Gasteiger charge is -2.08. The first-order valence-corrected chi connectivity index (χ1v) is 6.62. The van der Waals surface area contributed by atoms with E-state index in [2.05, 4.69) is 10.3 Å². The maximum absolute atomic E-state index is 14.0. The fraction of sp³-hybridized carbons (Fsp3) is 0.125. The average Bonchev–Trinajstić information content (AvgIpc) is 2.91. The Morgan fingerprint density at radius 3 is 2.43 bits per heavy atom. The van der Waals surface area contributed by atoms with E-state index in [1.54, 1.807) is 18.2 Å². The van der Waals surface area contributed by atoms with E-state index in [-0.39, 0.29) is 12.4 Å². The second kappa shape index (κ2) is 5.85. The van der Waals surface area contributed by atoms with Gasteiger partial charge in [-0.3, -0.25) is 0 Å². The maximum Gasteiger partial charge on any atom is 0.148 e. The molecule has 0 aliphatic carbocycles. The maximum atomic E-state index is 14.0. The van der Waals surface area contributed by atoms with Gasteiger partial charge in [0.15, 0.2) is 0 Å². The van der Waals surface area contributed by atoms with Crippen molar-refractivity contribution in [1.29, 1.82) is 0 Å². The summed E-state index contributed by atoms with van der Waals surface area (Å²) in [4.78, 5) is 0. The lowest BCUT2D eigenvalue weighted by Crippen LogP contribution is -2.06. The molecule has 0 amide bonds. The van der Waals surface area contributed by atoms with Gasteiger partial charge in [-0.2, -0.15) is 0 Å². The van der Waals surface area contributed by atoms with Crippen molar-refractivity contribution >= 4 is 0 Å². The fourth-order valence-electron chi connectivity index (χ4n) is 2.24. The van der Waals surface area contributed by atoms with Crippen molar-refractivity contribution < 1.29 is 9.50 Å². The van der Waals surface area contributed by atoms with E-state index in [9.17, 15) is 9.50 Å². The van der Waals surface area contributed by atoms with Crippen LogP contribution in [0.2, 0.25) is 0 Å². The van der Waals surface area contributed by atoms with Crippen LogP contribution in [0.15, 0.2) is 54.6 Å². The molecular weight excluding hydrogens is 269 g/mol. The summed E-state index contributed by atoms with van der Waals surface area (Å²) < 4.78 is 15.4. The number of hydrogen-bond donors (Lipinski definition) is 1. The molecule has 3 rings (SSSR count). The van der Waals surface area contributed by atoms with Crippen LogP contribution < -0.4 is 0 Å². The zero-order chi connectivity index (χ0) is 14.7. The summed E-state index contributed by atoms with van der Waals surface area (Å²) in [5.74, 6) is -0.374. The monoisotopic (exact) mass is 283 g/mol. The largest absolute Gasteiger partial charge is 0.390 e. The number of halogens is 1. The summed E-state index contributed by atoms with van der Waals surface area (Å²) in [7, 11) is 0. The number of nitrogens with zero attached hydrogens (tertiary/aromatic N) is 3. The fourth-order valence-corrected chi connectivity index (χ4v) is 2.24. The Morgan fingerprint density at radius 2 is 1.71 bits per heavy atom.